The number of benzene rings is 1. The standard InChI is InChI=1S/C15H18N4O2/c1-3-8-14(18-19-16)13(4-2)17-15(20)21-11-12-9-6-5-7-10-12/h3-7,9-10,13-14H,1-2,8,11H2,(H,17,20)/t13-,14-/m0/s1. The van der Waals surface area contributed by atoms with Crippen LogP contribution in [0.5, 0.6) is 0 Å². The minimum atomic E-state index is -0.592. The van der Waals surface area contributed by atoms with Crippen LogP contribution in [0.15, 0.2) is 60.8 Å². The molecule has 0 fully saturated rings. The number of alkyl carbamates (subject to hydrolysis) is 1. The molecule has 0 unspecified atom stereocenters. The molecule has 0 aromatic heterocycles. The Labute approximate surface area is 123 Å². The van der Waals surface area contributed by atoms with Gasteiger partial charge in [0.25, 0.3) is 0 Å². The average molecular weight is 286 g/mol. The van der Waals surface area contributed by atoms with Gasteiger partial charge >= 0.3 is 6.09 Å². The van der Waals surface area contributed by atoms with Gasteiger partial charge in [-0.05, 0) is 17.5 Å². The molecule has 1 N–H and O–H groups in total. The number of amides is 1. The van der Waals surface area contributed by atoms with Crippen LogP contribution in [-0.2, 0) is 11.3 Å². The van der Waals surface area contributed by atoms with E-state index in [4.69, 9.17) is 10.3 Å². The lowest BCUT2D eigenvalue weighted by Crippen LogP contribution is -2.41. The molecular weight excluding hydrogens is 268 g/mol. The topological polar surface area (TPSA) is 87.1 Å². The van der Waals surface area contributed by atoms with E-state index in [-0.39, 0.29) is 6.61 Å². The van der Waals surface area contributed by atoms with Gasteiger partial charge < -0.3 is 10.1 Å². The number of hydrogen-bond acceptors (Lipinski definition) is 3. The van der Waals surface area contributed by atoms with Gasteiger partial charge in [0.2, 0.25) is 0 Å². The molecular formula is C15H18N4O2. The van der Waals surface area contributed by atoms with E-state index < -0.39 is 18.2 Å². The molecule has 0 radical (unpaired) electrons. The van der Waals surface area contributed by atoms with E-state index >= 15 is 0 Å². The van der Waals surface area contributed by atoms with Gasteiger partial charge in [0.1, 0.15) is 6.61 Å². The lowest BCUT2D eigenvalue weighted by molar-refractivity contribution is 0.136. The Morgan fingerprint density at radius 2 is 2.14 bits per heavy atom. The molecule has 0 saturated carbocycles. The first kappa shape index (κ1) is 16.3. The summed E-state index contributed by atoms with van der Waals surface area (Å²) >= 11 is 0. The van der Waals surface area contributed by atoms with Gasteiger partial charge in [0.05, 0.1) is 12.1 Å². The van der Waals surface area contributed by atoms with Gasteiger partial charge in [-0.1, -0.05) is 47.6 Å². The van der Waals surface area contributed by atoms with E-state index in [0.717, 1.165) is 5.56 Å². The molecule has 0 heterocycles. The van der Waals surface area contributed by atoms with Crippen molar-refractivity contribution in [3.05, 3.63) is 71.6 Å². The minimum absolute atomic E-state index is 0.171. The molecule has 1 amide bonds. The molecule has 6 heteroatoms. The maximum absolute atomic E-state index is 11.8. The van der Waals surface area contributed by atoms with Gasteiger partial charge in [0.15, 0.2) is 0 Å². The van der Waals surface area contributed by atoms with Crippen molar-refractivity contribution in [1.82, 2.24) is 5.32 Å². The molecule has 0 spiro atoms. The summed E-state index contributed by atoms with van der Waals surface area (Å²) in [6.07, 6.45) is 2.96. The van der Waals surface area contributed by atoms with Gasteiger partial charge in [0, 0.05) is 4.91 Å². The SMILES string of the molecule is C=CC[C@H](N=[N+]=[N-])[C@H](C=C)NC(=O)OCc1ccccc1. The molecule has 6 nitrogen and oxygen atoms in total. The fraction of sp³-hybridized carbons (Fsp3) is 0.267. The predicted molar refractivity (Wildman–Crippen MR) is 81.5 cm³/mol. The van der Waals surface area contributed by atoms with Crippen molar-refractivity contribution in [2.24, 2.45) is 5.11 Å². The van der Waals surface area contributed by atoms with Crippen LogP contribution in [0.1, 0.15) is 12.0 Å². The van der Waals surface area contributed by atoms with Crippen molar-refractivity contribution in [3.8, 4) is 0 Å². The van der Waals surface area contributed by atoms with Gasteiger partial charge in [-0.25, -0.2) is 4.79 Å². The van der Waals surface area contributed by atoms with Crippen molar-refractivity contribution in [1.29, 1.82) is 0 Å². The van der Waals surface area contributed by atoms with Crippen LogP contribution < -0.4 is 5.32 Å². The fourth-order valence-electron chi connectivity index (χ4n) is 1.72. The van der Waals surface area contributed by atoms with E-state index in [1.165, 1.54) is 6.08 Å². The average Bonchev–Trinajstić information content (AvgIpc) is 2.51. The first-order valence-corrected chi connectivity index (χ1v) is 6.46. The van der Waals surface area contributed by atoms with Crippen LogP contribution in [-0.4, -0.2) is 18.2 Å². The number of nitrogens with zero attached hydrogens (tertiary/aromatic N) is 3. The molecule has 110 valence electrons. The lowest BCUT2D eigenvalue weighted by Gasteiger charge is -2.20. The zero-order chi connectivity index (χ0) is 15.5. The highest BCUT2D eigenvalue weighted by Gasteiger charge is 2.19. The fourth-order valence-corrected chi connectivity index (χ4v) is 1.72. The third-order valence-corrected chi connectivity index (χ3v) is 2.77. The Morgan fingerprint density at radius 1 is 1.43 bits per heavy atom. The molecule has 1 aromatic rings. The summed E-state index contributed by atoms with van der Waals surface area (Å²) in [7, 11) is 0. The van der Waals surface area contributed by atoms with E-state index in [1.54, 1.807) is 6.08 Å². The first-order valence-electron chi connectivity index (χ1n) is 6.46. The number of azide groups is 1. The molecule has 0 aliphatic carbocycles. The molecule has 21 heavy (non-hydrogen) atoms. The Morgan fingerprint density at radius 3 is 2.71 bits per heavy atom. The Balaban J connectivity index is 2.55. The highest BCUT2D eigenvalue weighted by atomic mass is 16.5. The quantitative estimate of drug-likeness (QED) is 0.341. The molecule has 2 atom stereocenters. The third kappa shape index (κ3) is 5.84. The summed E-state index contributed by atoms with van der Waals surface area (Å²) in [5, 5.41) is 6.24. The van der Waals surface area contributed by atoms with Crippen molar-refractivity contribution >= 4 is 6.09 Å². The molecule has 0 saturated heterocycles. The third-order valence-electron chi connectivity index (χ3n) is 2.77. The van der Waals surface area contributed by atoms with Gasteiger partial charge in [-0.2, -0.15) is 0 Å². The van der Waals surface area contributed by atoms with Crippen LogP contribution in [0.4, 0.5) is 4.79 Å². The van der Waals surface area contributed by atoms with E-state index in [2.05, 4.69) is 28.5 Å². The summed E-state index contributed by atoms with van der Waals surface area (Å²) in [5.74, 6) is 0. The van der Waals surface area contributed by atoms with Crippen molar-refractivity contribution in [3.63, 3.8) is 0 Å². The molecule has 1 aromatic carbocycles. The van der Waals surface area contributed by atoms with E-state index in [0.29, 0.717) is 6.42 Å². The summed E-state index contributed by atoms with van der Waals surface area (Å²) in [4.78, 5) is 14.5. The van der Waals surface area contributed by atoms with Gasteiger partial charge in [-0.15, -0.1) is 13.2 Å². The van der Waals surface area contributed by atoms with Crippen molar-refractivity contribution < 1.29 is 9.53 Å². The molecule has 0 aliphatic heterocycles. The monoisotopic (exact) mass is 286 g/mol. The van der Waals surface area contributed by atoms with Crippen molar-refractivity contribution in [2.75, 3.05) is 0 Å². The summed E-state index contributed by atoms with van der Waals surface area (Å²) in [5.41, 5.74) is 9.43. The molecule has 0 bridgehead atoms. The molecule has 0 aliphatic rings. The summed E-state index contributed by atoms with van der Waals surface area (Å²) < 4.78 is 5.11. The molecule has 1 rings (SSSR count). The second kappa shape index (κ2) is 9.23. The number of hydrogen-bond donors (Lipinski definition) is 1. The summed E-state index contributed by atoms with van der Waals surface area (Å²) in [6, 6.07) is 8.35. The highest BCUT2D eigenvalue weighted by Crippen LogP contribution is 2.08. The number of carbonyl (C=O) groups excluding carboxylic acids is 1. The number of carbonyl (C=O) groups is 1. The second-order valence-corrected chi connectivity index (χ2v) is 4.26. The van der Waals surface area contributed by atoms with Crippen LogP contribution in [0, 0.1) is 0 Å². The highest BCUT2D eigenvalue weighted by molar-refractivity contribution is 5.68. The number of nitrogens with one attached hydrogen (secondary N) is 1. The number of ether oxygens (including phenoxy) is 1. The van der Waals surface area contributed by atoms with Crippen LogP contribution in [0.3, 0.4) is 0 Å². The Bertz CT molecular complexity index is 524. The van der Waals surface area contributed by atoms with Crippen LogP contribution >= 0.6 is 0 Å². The van der Waals surface area contributed by atoms with E-state index in [1.807, 2.05) is 30.3 Å². The minimum Gasteiger partial charge on any atom is -0.445 e. The summed E-state index contributed by atoms with van der Waals surface area (Å²) in [6.45, 7) is 7.39. The van der Waals surface area contributed by atoms with Crippen LogP contribution in [0.25, 0.3) is 10.4 Å². The van der Waals surface area contributed by atoms with Crippen LogP contribution in [0.2, 0.25) is 0 Å². The van der Waals surface area contributed by atoms with Crippen molar-refractivity contribution in [2.45, 2.75) is 25.1 Å². The van der Waals surface area contributed by atoms with Gasteiger partial charge in [-0.3, -0.25) is 0 Å². The zero-order valence-electron chi connectivity index (χ0n) is 11.7. The predicted octanol–water partition coefficient (Wildman–Crippen LogP) is 3.72. The normalized spacial score (nSPS) is 12.4. The Hall–Kier alpha value is -2.72. The lowest BCUT2D eigenvalue weighted by atomic mass is 10.1. The number of rotatable bonds is 8. The zero-order valence-corrected chi connectivity index (χ0v) is 11.7. The largest absolute Gasteiger partial charge is 0.445 e. The maximum atomic E-state index is 11.8. The first-order chi connectivity index (χ1) is 10.2. The van der Waals surface area contributed by atoms with E-state index in [9.17, 15) is 4.79 Å². The second-order valence-electron chi connectivity index (χ2n) is 4.26. The smallest absolute Gasteiger partial charge is 0.407 e. The Kier molecular flexibility index (Phi) is 7.18. The maximum Gasteiger partial charge on any atom is 0.407 e.